The van der Waals surface area contributed by atoms with Gasteiger partial charge in [-0.2, -0.15) is 0 Å². The number of rotatable bonds is 13. The number of benzene rings is 2. The summed E-state index contributed by atoms with van der Waals surface area (Å²) >= 11 is 0. The number of nitrogens with one attached hydrogen (secondary N) is 3. The third-order valence-corrected chi connectivity index (χ3v) is 9.30. The molecule has 5 rings (SSSR count). The molecule has 2 aromatic rings. The Morgan fingerprint density at radius 3 is 2.09 bits per heavy atom. The molecule has 4 amide bonds. The highest BCUT2D eigenvalue weighted by Crippen LogP contribution is 2.42. The van der Waals surface area contributed by atoms with Gasteiger partial charge in [-0.1, -0.05) is 49.6 Å². The lowest BCUT2D eigenvalue weighted by molar-refractivity contribution is -0.124. The molecule has 2 aromatic carbocycles. The molecule has 2 saturated heterocycles. The number of hydrogen-bond acceptors (Lipinski definition) is 7. The lowest BCUT2D eigenvalue weighted by atomic mass is 9.95. The van der Waals surface area contributed by atoms with Crippen molar-refractivity contribution in [2.24, 2.45) is 0 Å². The summed E-state index contributed by atoms with van der Waals surface area (Å²) in [6, 6.07) is 11.8. The first-order valence-electron chi connectivity index (χ1n) is 16.6. The molecular formula is C35H47N5O6. The molecular weight excluding hydrogens is 586 g/mol. The normalized spacial score (nSPS) is 19.2. The molecule has 11 nitrogen and oxygen atoms in total. The fourth-order valence-corrected chi connectivity index (χ4v) is 6.65. The standard InChI is InChI=1S/C35H47N5O6/c1-23(34(44)37-26-13-7-4-8-14-26)36-22-30(41)27(19-24-11-5-3-6-12-24)38-35(45)25-20-28(39-17-9-15-31(39)42)33(46-2)29(21-25)40-18-10-16-32(40)43/h3,5-6,11-12,20-21,23,26-27,30,36,41H,4,7-10,13-19,22H2,1-2H3,(H,37,44)(H,38,45)/t23-,27?,30+/m0/s1. The second kappa shape index (κ2) is 15.6. The van der Waals surface area contributed by atoms with Crippen molar-refractivity contribution < 1.29 is 29.0 Å². The van der Waals surface area contributed by atoms with E-state index in [1.54, 1.807) is 28.9 Å². The average Bonchev–Trinajstić information content (AvgIpc) is 3.70. The number of carbonyl (C=O) groups excluding carboxylic acids is 4. The number of methoxy groups -OCH3 is 1. The Labute approximate surface area is 271 Å². The molecule has 4 N–H and O–H groups in total. The van der Waals surface area contributed by atoms with Crippen molar-refractivity contribution in [3.63, 3.8) is 0 Å². The maximum atomic E-state index is 14.0. The van der Waals surface area contributed by atoms with Crippen LogP contribution in [-0.2, 0) is 20.8 Å². The Hall–Kier alpha value is -3.96. The van der Waals surface area contributed by atoms with Crippen LogP contribution in [0.4, 0.5) is 11.4 Å². The molecule has 0 radical (unpaired) electrons. The number of amides is 4. The van der Waals surface area contributed by atoms with Gasteiger partial charge in [-0.05, 0) is 56.7 Å². The number of hydrogen-bond donors (Lipinski definition) is 4. The molecule has 2 aliphatic heterocycles. The third-order valence-electron chi connectivity index (χ3n) is 9.30. The molecule has 2 heterocycles. The number of nitrogens with zero attached hydrogens (tertiary/aromatic N) is 2. The van der Waals surface area contributed by atoms with E-state index >= 15 is 0 Å². The highest BCUT2D eigenvalue weighted by Gasteiger charge is 2.33. The number of aliphatic hydroxyl groups is 1. The molecule has 11 heteroatoms. The summed E-state index contributed by atoms with van der Waals surface area (Å²) in [5.74, 6) is -0.313. The van der Waals surface area contributed by atoms with Gasteiger partial charge in [0.15, 0.2) is 5.75 Å². The number of aliphatic hydroxyl groups excluding tert-OH is 1. The van der Waals surface area contributed by atoms with E-state index in [0.717, 1.165) is 31.2 Å². The third kappa shape index (κ3) is 8.06. The van der Waals surface area contributed by atoms with Crippen molar-refractivity contribution in [3.8, 4) is 5.75 Å². The Morgan fingerprint density at radius 1 is 0.935 bits per heavy atom. The molecule has 248 valence electrons. The van der Waals surface area contributed by atoms with Crippen LogP contribution in [0.25, 0.3) is 0 Å². The molecule has 0 aromatic heterocycles. The van der Waals surface area contributed by atoms with Gasteiger partial charge in [-0.15, -0.1) is 0 Å². The van der Waals surface area contributed by atoms with Gasteiger partial charge in [0.25, 0.3) is 5.91 Å². The molecule has 1 saturated carbocycles. The van der Waals surface area contributed by atoms with Crippen LogP contribution in [0.15, 0.2) is 42.5 Å². The predicted molar refractivity (Wildman–Crippen MR) is 176 cm³/mol. The summed E-state index contributed by atoms with van der Waals surface area (Å²) in [5.41, 5.74) is 2.08. The quantitative estimate of drug-likeness (QED) is 0.266. The topological polar surface area (TPSA) is 140 Å². The lowest BCUT2D eigenvalue weighted by Gasteiger charge is -2.28. The van der Waals surface area contributed by atoms with E-state index in [0.29, 0.717) is 62.3 Å². The molecule has 3 aliphatic rings. The fraction of sp³-hybridized carbons (Fsp3) is 0.543. The Balaban J connectivity index is 1.36. The van der Waals surface area contributed by atoms with Gasteiger partial charge in [0, 0.05) is 44.1 Å². The number of ether oxygens (including phenoxy) is 1. The molecule has 0 bridgehead atoms. The lowest BCUT2D eigenvalue weighted by Crippen LogP contribution is -2.53. The zero-order chi connectivity index (χ0) is 32.6. The van der Waals surface area contributed by atoms with Gasteiger partial charge < -0.3 is 35.6 Å². The van der Waals surface area contributed by atoms with Crippen LogP contribution in [0.2, 0.25) is 0 Å². The second-order valence-electron chi connectivity index (χ2n) is 12.7. The minimum atomic E-state index is -1.02. The highest BCUT2D eigenvalue weighted by atomic mass is 16.5. The summed E-state index contributed by atoms with van der Waals surface area (Å²) in [7, 11) is 1.50. The smallest absolute Gasteiger partial charge is 0.251 e. The summed E-state index contributed by atoms with van der Waals surface area (Å²) in [6.07, 6.45) is 6.90. The van der Waals surface area contributed by atoms with Crippen molar-refractivity contribution in [1.82, 2.24) is 16.0 Å². The Kier molecular flexibility index (Phi) is 11.3. The highest BCUT2D eigenvalue weighted by molar-refractivity contribution is 6.05. The first-order valence-corrected chi connectivity index (χ1v) is 16.6. The minimum Gasteiger partial charge on any atom is -0.492 e. The van der Waals surface area contributed by atoms with E-state index in [2.05, 4.69) is 16.0 Å². The monoisotopic (exact) mass is 633 g/mol. The van der Waals surface area contributed by atoms with Crippen molar-refractivity contribution in [2.45, 2.75) is 95.4 Å². The first kappa shape index (κ1) is 33.4. The zero-order valence-electron chi connectivity index (χ0n) is 26.9. The van der Waals surface area contributed by atoms with E-state index in [1.807, 2.05) is 30.3 Å². The van der Waals surface area contributed by atoms with Crippen LogP contribution < -0.4 is 30.5 Å². The maximum absolute atomic E-state index is 14.0. The summed E-state index contributed by atoms with van der Waals surface area (Å²) in [4.78, 5) is 55.6. The maximum Gasteiger partial charge on any atom is 0.251 e. The van der Waals surface area contributed by atoms with Gasteiger partial charge >= 0.3 is 0 Å². The predicted octanol–water partition coefficient (Wildman–Crippen LogP) is 3.08. The average molecular weight is 634 g/mol. The van der Waals surface area contributed by atoms with Gasteiger partial charge in [0.2, 0.25) is 17.7 Å². The summed E-state index contributed by atoms with van der Waals surface area (Å²) in [6.45, 7) is 2.83. The summed E-state index contributed by atoms with van der Waals surface area (Å²) in [5, 5.41) is 20.7. The van der Waals surface area contributed by atoms with Gasteiger partial charge in [0.05, 0.1) is 36.7 Å². The number of carbonyl (C=O) groups is 4. The zero-order valence-corrected chi connectivity index (χ0v) is 26.9. The van der Waals surface area contributed by atoms with Gasteiger partial charge in [-0.3, -0.25) is 19.2 Å². The van der Waals surface area contributed by atoms with E-state index in [1.165, 1.54) is 13.5 Å². The first-order chi connectivity index (χ1) is 22.2. The van der Waals surface area contributed by atoms with Crippen LogP contribution in [0.5, 0.6) is 5.75 Å². The van der Waals surface area contributed by atoms with Crippen molar-refractivity contribution in [3.05, 3.63) is 53.6 Å². The van der Waals surface area contributed by atoms with E-state index in [9.17, 15) is 24.3 Å². The fourth-order valence-electron chi connectivity index (χ4n) is 6.65. The van der Waals surface area contributed by atoms with E-state index in [-0.39, 0.29) is 35.9 Å². The van der Waals surface area contributed by atoms with Crippen molar-refractivity contribution >= 4 is 35.0 Å². The molecule has 3 atom stereocenters. The van der Waals surface area contributed by atoms with Gasteiger partial charge in [-0.25, -0.2) is 0 Å². The van der Waals surface area contributed by atoms with Crippen LogP contribution in [-0.4, -0.2) is 79.7 Å². The van der Waals surface area contributed by atoms with Crippen molar-refractivity contribution in [2.75, 3.05) is 36.5 Å². The van der Waals surface area contributed by atoms with Gasteiger partial charge in [0.1, 0.15) is 0 Å². The van der Waals surface area contributed by atoms with Crippen LogP contribution >= 0.6 is 0 Å². The molecule has 0 spiro atoms. The minimum absolute atomic E-state index is 0.0698. The van der Waals surface area contributed by atoms with E-state index in [4.69, 9.17) is 4.74 Å². The molecule has 1 aliphatic carbocycles. The SMILES string of the molecule is COc1c(N2CCCC2=O)cc(C(=O)NC(Cc2ccccc2)[C@H](O)CN[C@@H](C)C(=O)NC2CCCCC2)cc1N1CCCC1=O. The second-order valence-corrected chi connectivity index (χ2v) is 12.7. The largest absolute Gasteiger partial charge is 0.492 e. The molecule has 3 fully saturated rings. The van der Waals surface area contributed by atoms with Crippen LogP contribution in [0.3, 0.4) is 0 Å². The molecule has 1 unspecified atom stereocenters. The molecule has 46 heavy (non-hydrogen) atoms. The Bertz CT molecular complexity index is 1350. The Morgan fingerprint density at radius 2 is 1.54 bits per heavy atom. The van der Waals surface area contributed by atoms with Crippen molar-refractivity contribution in [1.29, 1.82) is 0 Å². The summed E-state index contributed by atoms with van der Waals surface area (Å²) < 4.78 is 5.75. The number of anilines is 2. The van der Waals surface area contributed by atoms with E-state index < -0.39 is 24.1 Å². The van der Waals surface area contributed by atoms with Crippen LogP contribution in [0, 0.1) is 0 Å². The van der Waals surface area contributed by atoms with Crippen LogP contribution in [0.1, 0.15) is 80.6 Å².